The first-order valence-electron chi connectivity index (χ1n) is 14.1. The van der Waals surface area contributed by atoms with E-state index in [9.17, 15) is 4.39 Å². The van der Waals surface area contributed by atoms with Crippen LogP contribution in [0.15, 0.2) is 64.1 Å². The van der Waals surface area contributed by atoms with Gasteiger partial charge in [0, 0.05) is 63.4 Å². The van der Waals surface area contributed by atoms with Gasteiger partial charge in [0.2, 0.25) is 5.88 Å². The molecule has 0 radical (unpaired) electrons. The highest BCUT2D eigenvalue weighted by Gasteiger charge is 2.17. The molecule has 0 aliphatic carbocycles. The minimum Gasteiger partial charge on any atom is -0.379 e. The summed E-state index contributed by atoms with van der Waals surface area (Å²) in [5.74, 6) is 0.987. The molecular weight excluding hydrogens is 511 g/mol. The van der Waals surface area contributed by atoms with Gasteiger partial charge in [0.15, 0.2) is 5.96 Å². The van der Waals surface area contributed by atoms with Crippen molar-refractivity contribution in [2.75, 3.05) is 84.1 Å². The second-order valence-electron chi connectivity index (χ2n) is 10.1. The lowest BCUT2D eigenvalue weighted by Crippen LogP contribution is -2.43. The summed E-state index contributed by atoms with van der Waals surface area (Å²) >= 11 is 0. The van der Waals surface area contributed by atoms with Crippen LogP contribution >= 0.6 is 0 Å². The molecule has 214 valence electrons. The highest BCUT2D eigenvalue weighted by molar-refractivity contribution is 5.92. The second kappa shape index (κ2) is 14.4. The molecule has 1 atom stereocenters. The van der Waals surface area contributed by atoms with E-state index in [1.54, 1.807) is 12.1 Å². The molecule has 0 spiro atoms. The van der Waals surface area contributed by atoms with Crippen LogP contribution in [-0.2, 0) is 9.47 Å². The average molecular weight is 551 g/mol. The molecule has 2 N–H and O–H groups in total. The van der Waals surface area contributed by atoms with Gasteiger partial charge in [-0.05, 0) is 17.2 Å². The summed E-state index contributed by atoms with van der Waals surface area (Å²) in [6.07, 6.45) is 0. The van der Waals surface area contributed by atoms with Crippen molar-refractivity contribution in [2.45, 2.75) is 12.8 Å². The summed E-state index contributed by atoms with van der Waals surface area (Å²) in [5.41, 5.74) is 3.32. The third-order valence-corrected chi connectivity index (χ3v) is 7.42. The summed E-state index contributed by atoms with van der Waals surface area (Å²) in [6, 6.07) is 16.6. The minimum absolute atomic E-state index is 0.00459. The van der Waals surface area contributed by atoms with Gasteiger partial charge < -0.3 is 19.3 Å². The number of rotatable bonds is 10. The molecule has 9 nitrogen and oxygen atoms in total. The molecule has 2 aromatic carbocycles. The Morgan fingerprint density at radius 2 is 1.62 bits per heavy atom. The average Bonchev–Trinajstić information content (AvgIpc) is 3.47. The van der Waals surface area contributed by atoms with Gasteiger partial charge in [-0.15, -0.1) is 0 Å². The summed E-state index contributed by atoms with van der Waals surface area (Å²) < 4.78 is 30.8. The molecule has 3 heterocycles. The van der Waals surface area contributed by atoms with E-state index >= 15 is 0 Å². The highest BCUT2D eigenvalue weighted by Crippen LogP contribution is 2.28. The highest BCUT2D eigenvalue weighted by atomic mass is 19.1. The molecule has 0 saturated carbocycles. The number of aromatic nitrogens is 1. The summed E-state index contributed by atoms with van der Waals surface area (Å²) in [6.45, 7) is 12.2. The predicted molar refractivity (Wildman–Crippen MR) is 154 cm³/mol. The van der Waals surface area contributed by atoms with E-state index in [2.05, 4.69) is 32.5 Å². The van der Waals surface area contributed by atoms with Gasteiger partial charge in [-0.3, -0.25) is 20.1 Å². The largest absolute Gasteiger partial charge is 0.379 e. The van der Waals surface area contributed by atoms with E-state index in [0.29, 0.717) is 24.0 Å². The monoisotopic (exact) mass is 550 g/mol. The Bertz CT molecular complexity index is 1220. The number of hydrogen-bond acceptors (Lipinski definition) is 7. The molecule has 2 fully saturated rings. The molecule has 5 rings (SSSR count). The maximum absolute atomic E-state index is 14.2. The SMILES string of the molecule is CC(c1ccc(-c2ccccc2F)cc1)c1cc(NC(=NCCN2CCOCC2)NCCN2CCOCC2)on1. The fourth-order valence-corrected chi connectivity index (χ4v) is 4.91. The van der Waals surface area contributed by atoms with Crippen LogP contribution in [-0.4, -0.2) is 99.7 Å². The summed E-state index contributed by atoms with van der Waals surface area (Å²) in [7, 11) is 0. The minimum atomic E-state index is -0.225. The smallest absolute Gasteiger partial charge is 0.231 e. The van der Waals surface area contributed by atoms with Crippen LogP contribution in [0.5, 0.6) is 0 Å². The van der Waals surface area contributed by atoms with Gasteiger partial charge in [-0.1, -0.05) is 54.5 Å². The topological polar surface area (TPSA) is 87.4 Å². The number of morpholine rings is 2. The number of guanidine groups is 1. The van der Waals surface area contributed by atoms with E-state index in [0.717, 1.165) is 89.1 Å². The number of ether oxygens (including phenoxy) is 2. The third-order valence-electron chi connectivity index (χ3n) is 7.42. The van der Waals surface area contributed by atoms with Crippen LogP contribution in [0.1, 0.15) is 24.1 Å². The number of benzene rings is 2. The van der Waals surface area contributed by atoms with Crippen LogP contribution in [0, 0.1) is 5.82 Å². The number of halogens is 1. The molecule has 40 heavy (non-hydrogen) atoms. The van der Waals surface area contributed by atoms with Crippen molar-refractivity contribution >= 4 is 11.8 Å². The van der Waals surface area contributed by atoms with Crippen LogP contribution in [0.2, 0.25) is 0 Å². The Balaban J connectivity index is 1.20. The van der Waals surface area contributed by atoms with Gasteiger partial charge in [0.05, 0.1) is 38.7 Å². The fraction of sp³-hybridized carbons (Fsp3) is 0.467. The van der Waals surface area contributed by atoms with Crippen LogP contribution in [0.3, 0.4) is 0 Å². The van der Waals surface area contributed by atoms with Crippen LogP contribution in [0.4, 0.5) is 10.3 Å². The lowest BCUT2D eigenvalue weighted by Gasteiger charge is -2.27. The van der Waals surface area contributed by atoms with Crippen molar-refractivity contribution in [3.05, 3.63) is 71.7 Å². The maximum Gasteiger partial charge on any atom is 0.231 e. The quantitative estimate of drug-likeness (QED) is 0.292. The first-order chi connectivity index (χ1) is 19.7. The van der Waals surface area contributed by atoms with Gasteiger partial charge in [-0.25, -0.2) is 4.39 Å². The van der Waals surface area contributed by atoms with Gasteiger partial charge in [0.1, 0.15) is 5.82 Å². The Morgan fingerprint density at radius 1 is 0.950 bits per heavy atom. The Kier molecular flexibility index (Phi) is 10.1. The number of nitrogens with zero attached hydrogens (tertiary/aromatic N) is 4. The van der Waals surface area contributed by atoms with Crippen molar-refractivity contribution < 1.29 is 18.4 Å². The number of hydrogen-bond donors (Lipinski definition) is 2. The molecule has 3 aromatic rings. The van der Waals surface area contributed by atoms with Crippen molar-refractivity contribution in [1.82, 2.24) is 20.3 Å². The van der Waals surface area contributed by atoms with E-state index in [4.69, 9.17) is 19.0 Å². The normalized spacial score (nSPS) is 18.0. The summed E-state index contributed by atoms with van der Waals surface area (Å²) in [5, 5.41) is 11.1. The van der Waals surface area contributed by atoms with Crippen molar-refractivity contribution in [1.29, 1.82) is 0 Å². The van der Waals surface area contributed by atoms with Crippen molar-refractivity contribution in [3.8, 4) is 11.1 Å². The zero-order valence-corrected chi connectivity index (χ0v) is 23.2. The number of nitrogens with one attached hydrogen (secondary N) is 2. The van der Waals surface area contributed by atoms with E-state index in [1.165, 1.54) is 6.07 Å². The molecule has 2 aliphatic rings. The zero-order valence-electron chi connectivity index (χ0n) is 23.2. The predicted octanol–water partition coefficient (Wildman–Crippen LogP) is 3.65. The molecular formula is C30H39FN6O3. The van der Waals surface area contributed by atoms with E-state index in [-0.39, 0.29) is 11.7 Å². The second-order valence-corrected chi connectivity index (χ2v) is 10.1. The molecule has 10 heteroatoms. The van der Waals surface area contributed by atoms with Gasteiger partial charge in [0.25, 0.3) is 0 Å². The first kappa shape index (κ1) is 28.2. The molecule has 2 aliphatic heterocycles. The summed E-state index contributed by atoms with van der Waals surface area (Å²) in [4.78, 5) is 9.55. The molecule has 0 bridgehead atoms. The first-order valence-corrected chi connectivity index (χ1v) is 14.1. The maximum atomic E-state index is 14.2. The Hall–Kier alpha value is -3.31. The lowest BCUT2D eigenvalue weighted by molar-refractivity contribution is 0.0389. The zero-order chi connectivity index (χ0) is 27.6. The van der Waals surface area contributed by atoms with Crippen molar-refractivity contribution in [2.24, 2.45) is 4.99 Å². The number of aliphatic imine (C=N–C) groups is 1. The lowest BCUT2D eigenvalue weighted by atomic mass is 9.95. The fourth-order valence-electron chi connectivity index (χ4n) is 4.91. The Labute approximate surface area is 235 Å². The molecule has 1 unspecified atom stereocenters. The molecule has 0 amide bonds. The number of anilines is 1. The van der Waals surface area contributed by atoms with Gasteiger partial charge in [-0.2, -0.15) is 0 Å². The third kappa shape index (κ3) is 7.88. The van der Waals surface area contributed by atoms with Crippen molar-refractivity contribution in [3.63, 3.8) is 0 Å². The van der Waals surface area contributed by atoms with Crippen LogP contribution in [0.25, 0.3) is 11.1 Å². The molecule has 1 aromatic heterocycles. The van der Waals surface area contributed by atoms with E-state index < -0.39 is 0 Å². The van der Waals surface area contributed by atoms with Gasteiger partial charge >= 0.3 is 0 Å². The molecule has 2 saturated heterocycles. The van der Waals surface area contributed by atoms with Crippen LogP contribution < -0.4 is 10.6 Å². The van der Waals surface area contributed by atoms with E-state index in [1.807, 2.05) is 36.4 Å². The Morgan fingerprint density at radius 3 is 2.33 bits per heavy atom. The standard InChI is InChI=1S/C30H39FN6O3/c1-23(24-6-8-25(9-7-24)26-4-2-3-5-27(26)31)28-22-29(40-35-28)34-30(32-10-12-36-14-18-38-19-15-36)33-11-13-37-16-20-39-21-17-37/h2-9,22-23H,10-21H2,1H3,(H2,32,33,34).